The number of anilines is 1. The molecule has 1 atom stereocenters. The monoisotopic (exact) mass is 359 g/mol. The van der Waals surface area contributed by atoms with Crippen LogP contribution >= 0.6 is 11.6 Å². The van der Waals surface area contributed by atoms with Crippen LogP contribution in [0.4, 0.5) is 5.69 Å². The predicted octanol–water partition coefficient (Wildman–Crippen LogP) is 5.93. The molecule has 126 valence electrons. The van der Waals surface area contributed by atoms with E-state index in [4.69, 9.17) is 16.3 Å². The quantitative estimate of drug-likeness (QED) is 0.356. The summed E-state index contributed by atoms with van der Waals surface area (Å²) in [6.45, 7) is 0. The lowest BCUT2D eigenvalue weighted by atomic mass is 9.94. The topological polar surface area (TPSA) is 38.3 Å². The minimum atomic E-state index is -0.595. The molecule has 1 N–H and O–H groups in total. The van der Waals surface area contributed by atoms with E-state index in [1.54, 1.807) is 0 Å². The van der Waals surface area contributed by atoms with Gasteiger partial charge in [0.1, 0.15) is 0 Å². The highest BCUT2D eigenvalue weighted by molar-refractivity contribution is 6.30. The Kier molecular flexibility index (Phi) is 3.37. The van der Waals surface area contributed by atoms with Crippen molar-refractivity contribution in [3.8, 4) is 0 Å². The van der Waals surface area contributed by atoms with Crippen LogP contribution in [0.5, 0.6) is 0 Å². The molecule has 4 heteroatoms. The first kappa shape index (κ1) is 15.2. The molecule has 0 saturated heterocycles. The number of esters is 1. The molecule has 0 saturated carbocycles. The van der Waals surface area contributed by atoms with Gasteiger partial charge in [-0.3, -0.25) is 0 Å². The number of carbonyl (C=O) groups excluding carboxylic acids is 1. The van der Waals surface area contributed by atoms with Crippen molar-refractivity contribution >= 4 is 44.8 Å². The summed E-state index contributed by atoms with van der Waals surface area (Å²) in [4.78, 5) is 12.8. The molecule has 5 rings (SSSR count). The summed E-state index contributed by atoms with van der Waals surface area (Å²) < 4.78 is 5.82. The largest absolute Gasteiger partial charge is 0.434 e. The lowest BCUT2D eigenvalue weighted by Crippen LogP contribution is -2.17. The van der Waals surface area contributed by atoms with Crippen LogP contribution in [-0.4, -0.2) is 5.97 Å². The molecule has 4 aromatic rings. The van der Waals surface area contributed by atoms with E-state index in [0.29, 0.717) is 10.6 Å². The zero-order chi connectivity index (χ0) is 17.7. The van der Waals surface area contributed by atoms with Crippen molar-refractivity contribution in [2.24, 2.45) is 0 Å². The molecule has 26 heavy (non-hydrogen) atoms. The molecule has 0 amide bonds. The van der Waals surface area contributed by atoms with E-state index in [2.05, 4.69) is 17.4 Å². The number of ether oxygens (including phenoxy) is 1. The fourth-order valence-electron chi connectivity index (χ4n) is 3.64. The Morgan fingerprint density at radius 2 is 1.58 bits per heavy atom. The van der Waals surface area contributed by atoms with Crippen LogP contribution in [0.1, 0.15) is 22.1 Å². The number of rotatable bonds is 2. The van der Waals surface area contributed by atoms with E-state index in [-0.39, 0.29) is 5.97 Å². The first-order valence-electron chi connectivity index (χ1n) is 8.38. The molecule has 0 radical (unpaired) electrons. The van der Waals surface area contributed by atoms with Gasteiger partial charge in [-0.15, -0.1) is 0 Å². The van der Waals surface area contributed by atoms with Crippen LogP contribution in [0.15, 0.2) is 72.8 Å². The molecule has 0 spiro atoms. The maximum Gasteiger partial charge on any atom is 0.340 e. The lowest BCUT2D eigenvalue weighted by molar-refractivity contribution is 0.0365. The Morgan fingerprint density at radius 1 is 0.846 bits per heavy atom. The van der Waals surface area contributed by atoms with E-state index in [1.165, 1.54) is 0 Å². The second kappa shape index (κ2) is 5.75. The molecule has 0 aromatic heterocycles. The molecule has 3 nitrogen and oxygen atoms in total. The third-order valence-electron chi connectivity index (χ3n) is 4.77. The molecule has 0 fully saturated rings. The van der Waals surface area contributed by atoms with Crippen LogP contribution in [-0.2, 0) is 4.74 Å². The van der Waals surface area contributed by atoms with Gasteiger partial charge in [-0.05, 0) is 40.4 Å². The molecule has 1 unspecified atom stereocenters. The predicted molar refractivity (Wildman–Crippen MR) is 105 cm³/mol. The molecule has 1 aliphatic rings. The number of hydrogen-bond donors (Lipinski definition) is 1. The van der Waals surface area contributed by atoms with E-state index in [9.17, 15) is 4.79 Å². The number of carbonyl (C=O) groups is 1. The van der Waals surface area contributed by atoms with Gasteiger partial charge in [0.2, 0.25) is 6.23 Å². The van der Waals surface area contributed by atoms with Crippen molar-refractivity contribution in [1.82, 2.24) is 0 Å². The molecule has 0 aliphatic carbocycles. The van der Waals surface area contributed by atoms with Gasteiger partial charge < -0.3 is 10.1 Å². The van der Waals surface area contributed by atoms with Crippen LogP contribution in [0, 0.1) is 0 Å². The van der Waals surface area contributed by atoms with Crippen molar-refractivity contribution in [1.29, 1.82) is 0 Å². The van der Waals surface area contributed by atoms with Gasteiger partial charge in [0.25, 0.3) is 0 Å². The average molecular weight is 360 g/mol. The normalized spacial score (nSPS) is 15.9. The van der Waals surface area contributed by atoms with Gasteiger partial charge in [0.05, 0.1) is 5.56 Å². The number of halogens is 1. The van der Waals surface area contributed by atoms with Crippen LogP contribution in [0.25, 0.3) is 21.5 Å². The van der Waals surface area contributed by atoms with Gasteiger partial charge in [-0.2, -0.15) is 0 Å². The maximum absolute atomic E-state index is 12.8. The highest BCUT2D eigenvalue weighted by Gasteiger charge is 2.27. The Balaban J connectivity index is 1.77. The second-order valence-electron chi connectivity index (χ2n) is 6.35. The van der Waals surface area contributed by atoms with Gasteiger partial charge in [0, 0.05) is 21.7 Å². The third-order valence-corrected chi connectivity index (χ3v) is 5.00. The van der Waals surface area contributed by atoms with Crippen LogP contribution in [0.2, 0.25) is 5.02 Å². The highest BCUT2D eigenvalue weighted by atomic mass is 35.5. The molecular weight excluding hydrogens is 346 g/mol. The van der Waals surface area contributed by atoms with E-state index in [0.717, 1.165) is 32.8 Å². The SMILES string of the molecule is O=C1OC(Nc2cccc(Cl)c2)c2cccc3ccc4cccc1c4c23. The van der Waals surface area contributed by atoms with Gasteiger partial charge in [-0.25, -0.2) is 4.79 Å². The van der Waals surface area contributed by atoms with Crippen molar-refractivity contribution < 1.29 is 9.53 Å². The Bertz CT molecular complexity index is 1190. The van der Waals surface area contributed by atoms with E-state index < -0.39 is 6.23 Å². The summed E-state index contributed by atoms with van der Waals surface area (Å²) in [6.07, 6.45) is -0.595. The van der Waals surface area contributed by atoms with Gasteiger partial charge in [-0.1, -0.05) is 60.1 Å². The van der Waals surface area contributed by atoms with Crippen LogP contribution in [0.3, 0.4) is 0 Å². The molecule has 1 heterocycles. The molecular formula is C22H14ClNO2. The summed E-state index contributed by atoms with van der Waals surface area (Å²) in [7, 11) is 0. The smallest absolute Gasteiger partial charge is 0.340 e. The molecule has 1 aliphatic heterocycles. The molecule has 4 aromatic carbocycles. The van der Waals surface area contributed by atoms with E-state index in [1.807, 2.05) is 60.7 Å². The number of cyclic esters (lactones) is 1. The zero-order valence-electron chi connectivity index (χ0n) is 13.7. The number of benzene rings is 4. The summed E-state index contributed by atoms with van der Waals surface area (Å²) in [5, 5.41) is 8.03. The highest BCUT2D eigenvalue weighted by Crippen LogP contribution is 2.38. The Hall–Kier alpha value is -3.04. The van der Waals surface area contributed by atoms with Gasteiger partial charge in [0.15, 0.2) is 0 Å². The van der Waals surface area contributed by atoms with Crippen molar-refractivity contribution in [2.45, 2.75) is 6.23 Å². The van der Waals surface area contributed by atoms with Crippen molar-refractivity contribution in [2.75, 3.05) is 5.32 Å². The minimum absolute atomic E-state index is 0.334. The average Bonchev–Trinajstić information content (AvgIpc) is 2.77. The minimum Gasteiger partial charge on any atom is -0.434 e. The van der Waals surface area contributed by atoms with Crippen molar-refractivity contribution in [3.63, 3.8) is 0 Å². The number of nitrogens with one attached hydrogen (secondary N) is 1. The standard InChI is InChI=1S/C22H14ClNO2/c23-15-6-3-7-16(12-15)24-21-17-8-1-4-13-10-11-14-5-2-9-18(22(25)26-21)20(14)19(13)17/h1-12,21,24H. The first-order valence-corrected chi connectivity index (χ1v) is 8.76. The summed E-state index contributed by atoms with van der Waals surface area (Å²) in [5.41, 5.74) is 2.33. The fourth-order valence-corrected chi connectivity index (χ4v) is 3.83. The summed E-state index contributed by atoms with van der Waals surface area (Å²) >= 11 is 6.09. The Morgan fingerprint density at radius 3 is 2.38 bits per heavy atom. The van der Waals surface area contributed by atoms with Gasteiger partial charge >= 0.3 is 5.97 Å². The second-order valence-corrected chi connectivity index (χ2v) is 6.79. The number of hydrogen-bond acceptors (Lipinski definition) is 3. The zero-order valence-corrected chi connectivity index (χ0v) is 14.5. The summed E-state index contributed by atoms with van der Waals surface area (Å²) in [5.74, 6) is -0.334. The maximum atomic E-state index is 12.8. The lowest BCUT2D eigenvalue weighted by Gasteiger charge is -2.20. The summed E-state index contributed by atoms with van der Waals surface area (Å²) in [6, 6.07) is 23.3. The Labute approximate surface area is 155 Å². The van der Waals surface area contributed by atoms with Crippen molar-refractivity contribution in [3.05, 3.63) is 88.9 Å². The van der Waals surface area contributed by atoms with Crippen LogP contribution < -0.4 is 5.32 Å². The van der Waals surface area contributed by atoms with E-state index >= 15 is 0 Å². The first-order chi connectivity index (χ1) is 12.7. The fraction of sp³-hybridized carbons (Fsp3) is 0.0455. The molecule has 0 bridgehead atoms. The third kappa shape index (κ3) is 2.32.